The highest BCUT2D eigenvalue weighted by Gasteiger charge is 2.38. The molecule has 0 radical (unpaired) electrons. The number of carbonyl (C=O) groups excluding carboxylic acids is 2. The number of hydrogen-bond donors (Lipinski definition) is 3. The molecule has 1 aromatic heterocycles. The third-order valence-corrected chi connectivity index (χ3v) is 8.91. The van der Waals surface area contributed by atoms with Gasteiger partial charge < -0.3 is 25.2 Å². The SMILES string of the molecule is CC(=O)Nc1ccc(SC[C@H]2O[C@@H](c3cccc(NC(=O)c4cnc5ccccc5n4)c3)O[C@@H](c3ccc(CO)cc3)[C@H]2C)cc1. The van der Waals surface area contributed by atoms with Gasteiger partial charge in [0.25, 0.3) is 5.91 Å². The van der Waals surface area contributed by atoms with Crippen LogP contribution in [-0.2, 0) is 20.9 Å². The van der Waals surface area contributed by atoms with E-state index >= 15 is 0 Å². The summed E-state index contributed by atoms with van der Waals surface area (Å²) in [6.07, 6.45) is 0.333. The number of amides is 2. The number of aliphatic hydroxyl groups excluding tert-OH is 1. The fourth-order valence-electron chi connectivity index (χ4n) is 5.35. The maximum atomic E-state index is 13.1. The van der Waals surface area contributed by atoms with E-state index < -0.39 is 6.29 Å². The molecule has 0 bridgehead atoms. The number of thioether (sulfide) groups is 1. The van der Waals surface area contributed by atoms with Gasteiger partial charge in [0.2, 0.25) is 5.91 Å². The molecule has 0 unspecified atom stereocenters. The summed E-state index contributed by atoms with van der Waals surface area (Å²) in [6, 6.07) is 30.4. The van der Waals surface area contributed by atoms with Gasteiger partial charge in [-0.15, -0.1) is 11.8 Å². The van der Waals surface area contributed by atoms with Crippen LogP contribution in [0.5, 0.6) is 0 Å². The van der Waals surface area contributed by atoms with Gasteiger partial charge in [-0.2, -0.15) is 0 Å². The van der Waals surface area contributed by atoms with Gasteiger partial charge in [0.15, 0.2) is 6.29 Å². The standard InChI is InChI=1S/C36H34N4O5S/c1-22-33(21-46-29-16-14-27(15-17-29)38-23(2)42)44-36(45-34(22)25-12-10-24(20-41)11-13-25)26-6-5-7-28(18-26)39-35(43)32-19-37-30-8-3-4-9-31(30)40-32/h3-19,22,33-34,36,41H,20-21H2,1-2H3,(H,38,42)(H,39,43)/t22-,33+,34+,36+/m0/s1. The van der Waals surface area contributed by atoms with Gasteiger partial charge in [0.1, 0.15) is 5.69 Å². The molecule has 1 aliphatic heterocycles. The summed E-state index contributed by atoms with van der Waals surface area (Å²) in [7, 11) is 0. The van der Waals surface area contributed by atoms with E-state index in [1.165, 1.54) is 13.1 Å². The van der Waals surface area contributed by atoms with Gasteiger partial charge >= 0.3 is 0 Å². The van der Waals surface area contributed by atoms with Crippen molar-refractivity contribution in [2.24, 2.45) is 5.92 Å². The molecule has 9 nitrogen and oxygen atoms in total. The Morgan fingerprint density at radius 3 is 2.35 bits per heavy atom. The molecule has 1 aliphatic rings. The topological polar surface area (TPSA) is 123 Å². The van der Waals surface area contributed by atoms with E-state index in [1.54, 1.807) is 11.8 Å². The molecular weight excluding hydrogens is 600 g/mol. The van der Waals surface area contributed by atoms with Crippen molar-refractivity contribution in [2.45, 2.75) is 43.8 Å². The molecule has 3 N–H and O–H groups in total. The van der Waals surface area contributed by atoms with Crippen LogP contribution in [0, 0.1) is 5.92 Å². The quantitative estimate of drug-likeness (QED) is 0.150. The molecule has 10 heteroatoms. The largest absolute Gasteiger partial charge is 0.392 e. The summed E-state index contributed by atoms with van der Waals surface area (Å²) in [4.78, 5) is 34.4. The number of carbonyl (C=O) groups is 2. The number of aromatic nitrogens is 2. The van der Waals surface area contributed by atoms with Crippen LogP contribution < -0.4 is 10.6 Å². The van der Waals surface area contributed by atoms with Crippen molar-refractivity contribution in [1.82, 2.24) is 9.97 Å². The molecule has 0 saturated carbocycles. The first-order chi connectivity index (χ1) is 22.4. The van der Waals surface area contributed by atoms with Crippen LogP contribution >= 0.6 is 11.8 Å². The van der Waals surface area contributed by atoms with Crippen molar-refractivity contribution in [2.75, 3.05) is 16.4 Å². The first-order valence-corrected chi connectivity index (χ1v) is 16.0. The zero-order chi connectivity index (χ0) is 32.0. The Bertz CT molecular complexity index is 1830. The first-order valence-electron chi connectivity index (χ1n) is 15.0. The van der Waals surface area contributed by atoms with Gasteiger partial charge in [-0.1, -0.05) is 55.5 Å². The van der Waals surface area contributed by atoms with E-state index in [2.05, 4.69) is 27.5 Å². The van der Waals surface area contributed by atoms with E-state index in [9.17, 15) is 14.7 Å². The molecule has 0 spiro atoms. The number of anilines is 2. The minimum absolute atomic E-state index is 0.0109. The van der Waals surface area contributed by atoms with Crippen molar-refractivity contribution >= 4 is 46.0 Å². The molecule has 0 aliphatic carbocycles. The second kappa shape index (κ2) is 14.2. The number of nitrogens with one attached hydrogen (secondary N) is 2. The third kappa shape index (κ3) is 7.43. The Balaban J connectivity index is 1.21. The number of fused-ring (bicyclic) bond motifs is 1. The van der Waals surface area contributed by atoms with E-state index in [4.69, 9.17) is 9.47 Å². The Kier molecular flexibility index (Phi) is 9.70. The van der Waals surface area contributed by atoms with E-state index in [0.717, 1.165) is 32.8 Å². The lowest BCUT2D eigenvalue weighted by Crippen LogP contribution is -2.38. The van der Waals surface area contributed by atoms with E-state index in [-0.39, 0.29) is 42.2 Å². The van der Waals surface area contributed by atoms with Crippen LogP contribution in [-0.4, -0.2) is 38.7 Å². The summed E-state index contributed by atoms with van der Waals surface area (Å²) in [5, 5.41) is 15.3. The molecule has 4 aromatic carbocycles. The minimum atomic E-state index is -0.691. The number of para-hydroxylation sites is 2. The predicted molar refractivity (Wildman–Crippen MR) is 178 cm³/mol. The zero-order valence-electron chi connectivity index (χ0n) is 25.4. The van der Waals surface area contributed by atoms with Crippen LogP contribution in [0.25, 0.3) is 11.0 Å². The molecule has 2 amide bonds. The Hall–Kier alpha value is -4.61. The number of ether oxygens (including phenoxy) is 2. The van der Waals surface area contributed by atoms with Gasteiger partial charge in [0.05, 0.1) is 36.0 Å². The molecule has 5 aromatic rings. The second-order valence-electron chi connectivity index (χ2n) is 11.2. The van der Waals surface area contributed by atoms with E-state index in [0.29, 0.717) is 17.0 Å². The van der Waals surface area contributed by atoms with Crippen molar-refractivity contribution in [3.05, 3.63) is 126 Å². The number of hydrogen-bond acceptors (Lipinski definition) is 8. The van der Waals surface area contributed by atoms with Gasteiger partial charge in [0, 0.05) is 40.4 Å². The predicted octanol–water partition coefficient (Wildman–Crippen LogP) is 6.92. The second-order valence-corrected chi connectivity index (χ2v) is 12.3. The monoisotopic (exact) mass is 634 g/mol. The molecular formula is C36H34N4O5S. The average molecular weight is 635 g/mol. The fraction of sp³-hybridized carbons (Fsp3) is 0.222. The lowest BCUT2D eigenvalue weighted by Gasteiger charge is -2.41. The van der Waals surface area contributed by atoms with Crippen LogP contribution in [0.4, 0.5) is 11.4 Å². The fourth-order valence-corrected chi connectivity index (χ4v) is 6.42. The highest BCUT2D eigenvalue weighted by atomic mass is 32.2. The summed E-state index contributed by atoms with van der Waals surface area (Å²) in [5.41, 5.74) is 5.50. The van der Waals surface area contributed by atoms with Gasteiger partial charge in [-0.05, 0) is 59.7 Å². The van der Waals surface area contributed by atoms with Crippen molar-refractivity contribution in [3.63, 3.8) is 0 Å². The van der Waals surface area contributed by atoms with Crippen molar-refractivity contribution in [1.29, 1.82) is 0 Å². The van der Waals surface area contributed by atoms with Crippen LogP contribution in [0.1, 0.15) is 53.4 Å². The molecule has 2 heterocycles. The number of benzene rings is 4. The van der Waals surface area contributed by atoms with Crippen molar-refractivity contribution < 1.29 is 24.2 Å². The number of nitrogens with zero attached hydrogens (tertiary/aromatic N) is 2. The molecule has 1 saturated heterocycles. The maximum Gasteiger partial charge on any atom is 0.275 e. The highest BCUT2D eigenvalue weighted by molar-refractivity contribution is 7.99. The smallest absolute Gasteiger partial charge is 0.275 e. The summed E-state index contributed by atoms with van der Waals surface area (Å²) < 4.78 is 13.2. The molecule has 6 rings (SSSR count). The molecule has 1 fully saturated rings. The molecule has 46 heavy (non-hydrogen) atoms. The minimum Gasteiger partial charge on any atom is -0.392 e. The van der Waals surface area contributed by atoms with Crippen LogP contribution in [0.15, 0.2) is 108 Å². The Labute approximate surface area is 271 Å². The molecule has 234 valence electrons. The normalized spacial score (nSPS) is 19.5. The van der Waals surface area contributed by atoms with Crippen LogP contribution in [0.3, 0.4) is 0 Å². The highest BCUT2D eigenvalue weighted by Crippen LogP contribution is 2.43. The third-order valence-electron chi connectivity index (χ3n) is 7.81. The number of aliphatic hydroxyl groups is 1. The Morgan fingerprint density at radius 1 is 0.848 bits per heavy atom. The zero-order valence-corrected chi connectivity index (χ0v) is 26.2. The summed E-state index contributed by atoms with van der Waals surface area (Å²) >= 11 is 1.67. The molecule has 4 atom stereocenters. The van der Waals surface area contributed by atoms with E-state index in [1.807, 2.05) is 97.1 Å². The summed E-state index contributed by atoms with van der Waals surface area (Å²) in [6.45, 7) is 3.57. The maximum absolute atomic E-state index is 13.1. The van der Waals surface area contributed by atoms with Gasteiger partial charge in [-0.25, -0.2) is 4.98 Å². The summed E-state index contributed by atoms with van der Waals surface area (Å²) in [5.74, 6) is 0.204. The first kappa shape index (κ1) is 31.4. The lowest BCUT2D eigenvalue weighted by atomic mass is 9.91. The Morgan fingerprint density at radius 2 is 1.61 bits per heavy atom. The lowest BCUT2D eigenvalue weighted by molar-refractivity contribution is -0.268. The average Bonchev–Trinajstić information content (AvgIpc) is 3.08. The van der Waals surface area contributed by atoms with Crippen LogP contribution in [0.2, 0.25) is 0 Å². The number of rotatable bonds is 9. The van der Waals surface area contributed by atoms with Gasteiger partial charge in [-0.3, -0.25) is 14.6 Å². The van der Waals surface area contributed by atoms with Crippen molar-refractivity contribution in [3.8, 4) is 0 Å².